The molecule has 0 aliphatic heterocycles. The maximum atomic E-state index is 10.7. The number of quaternary nitrogens is 1. The van der Waals surface area contributed by atoms with Crippen molar-refractivity contribution >= 4 is 7.60 Å². The van der Waals surface area contributed by atoms with Crippen molar-refractivity contribution < 1.29 is 29.0 Å². The first kappa shape index (κ1) is 16.0. The number of nitrogens with zero attached hydrogens (tertiary/aromatic N) is 1. The van der Waals surface area contributed by atoms with Gasteiger partial charge in [0.2, 0.25) is 0 Å². The molecule has 1 unspecified atom stereocenters. The van der Waals surface area contributed by atoms with Gasteiger partial charge in [0, 0.05) is 12.6 Å². The zero-order valence-electron chi connectivity index (χ0n) is 11.1. The third-order valence-corrected chi connectivity index (χ3v) is 3.78. The highest BCUT2D eigenvalue weighted by atomic mass is 31.2. The Hall–Kier alpha value is -1.07. The van der Waals surface area contributed by atoms with Crippen molar-refractivity contribution in [3.8, 4) is 11.5 Å². The Morgan fingerprint density at radius 3 is 2.53 bits per heavy atom. The van der Waals surface area contributed by atoms with E-state index in [1.165, 1.54) is 6.07 Å². The average Bonchev–Trinajstić information content (AvgIpc) is 2.22. The Bertz CT molecular complexity index is 483. The Morgan fingerprint density at radius 2 is 1.95 bits per heavy atom. The molecule has 7 heteroatoms. The van der Waals surface area contributed by atoms with Crippen molar-refractivity contribution in [1.29, 1.82) is 0 Å². The van der Waals surface area contributed by atoms with Crippen LogP contribution in [0.25, 0.3) is 0 Å². The lowest BCUT2D eigenvalue weighted by molar-refractivity contribution is -0.903. The summed E-state index contributed by atoms with van der Waals surface area (Å²) in [5.74, 6) is -0.317. The van der Waals surface area contributed by atoms with Crippen LogP contribution in [0.3, 0.4) is 0 Å². The molecule has 0 spiro atoms. The van der Waals surface area contributed by atoms with Gasteiger partial charge in [-0.25, -0.2) is 0 Å². The summed E-state index contributed by atoms with van der Waals surface area (Å²) in [6.45, 7) is 0.983. The van der Waals surface area contributed by atoms with Crippen LogP contribution in [0.1, 0.15) is 12.0 Å². The van der Waals surface area contributed by atoms with Crippen molar-refractivity contribution in [2.75, 3.05) is 26.8 Å². The van der Waals surface area contributed by atoms with Gasteiger partial charge in [0.15, 0.2) is 11.5 Å². The minimum atomic E-state index is -4.20. The molecule has 0 aromatic heterocycles. The van der Waals surface area contributed by atoms with Crippen LogP contribution in [-0.4, -0.2) is 46.4 Å². The van der Waals surface area contributed by atoms with Gasteiger partial charge in [0.25, 0.3) is 0 Å². The van der Waals surface area contributed by atoms with E-state index in [2.05, 4.69) is 0 Å². The predicted molar refractivity (Wildman–Crippen MR) is 69.8 cm³/mol. The summed E-state index contributed by atoms with van der Waals surface area (Å²) in [7, 11) is -0.430. The molecule has 0 radical (unpaired) electrons. The first-order chi connectivity index (χ1) is 8.61. The molecule has 0 fully saturated rings. The summed E-state index contributed by atoms with van der Waals surface area (Å²) in [5, 5.41) is 19.1. The number of aromatic hydroxyl groups is 2. The lowest BCUT2D eigenvalue weighted by Crippen LogP contribution is -2.40. The van der Waals surface area contributed by atoms with Gasteiger partial charge >= 0.3 is 0 Å². The highest BCUT2D eigenvalue weighted by Gasteiger charge is 2.19. The van der Waals surface area contributed by atoms with Gasteiger partial charge in [0.05, 0.1) is 26.2 Å². The number of benzene rings is 1. The minimum absolute atomic E-state index is 0.148. The van der Waals surface area contributed by atoms with Gasteiger partial charge in [-0.3, -0.25) is 0 Å². The molecule has 1 rings (SSSR count). The van der Waals surface area contributed by atoms with E-state index >= 15 is 0 Å². The highest BCUT2D eigenvalue weighted by Crippen LogP contribution is 2.31. The Kier molecular flexibility index (Phi) is 4.98. The SMILES string of the molecule is C[N+](C)(CCCP(=O)([O-])O)Cc1cccc(O)c1O. The number of phenolic OH excluding ortho intramolecular Hbond substituents is 2. The third kappa shape index (κ3) is 5.61. The Morgan fingerprint density at radius 1 is 1.32 bits per heavy atom. The predicted octanol–water partition coefficient (Wildman–Crippen LogP) is 0.610. The van der Waals surface area contributed by atoms with Crippen LogP contribution in [0.15, 0.2) is 18.2 Å². The number of hydrogen-bond acceptors (Lipinski definition) is 4. The fraction of sp³-hybridized carbons (Fsp3) is 0.500. The van der Waals surface area contributed by atoms with E-state index in [1.54, 1.807) is 12.1 Å². The lowest BCUT2D eigenvalue weighted by Gasteiger charge is -2.31. The summed E-state index contributed by atoms with van der Waals surface area (Å²) < 4.78 is 11.1. The normalized spacial score (nSPS) is 15.2. The van der Waals surface area contributed by atoms with Gasteiger partial charge in [-0.05, 0) is 12.1 Å². The second-order valence-electron chi connectivity index (χ2n) is 5.32. The zero-order chi connectivity index (χ0) is 14.7. The molecule has 0 heterocycles. The van der Waals surface area contributed by atoms with Crippen molar-refractivity contribution in [1.82, 2.24) is 0 Å². The fourth-order valence-electron chi connectivity index (χ4n) is 1.94. The quantitative estimate of drug-likeness (QED) is 0.405. The van der Waals surface area contributed by atoms with Crippen LogP contribution in [0.4, 0.5) is 0 Å². The smallest absolute Gasteiger partial charge is 0.166 e. The molecular weight excluding hydrogens is 269 g/mol. The van der Waals surface area contributed by atoms with Gasteiger partial charge in [0.1, 0.15) is 14.1 Å². The van der Waals surface area contributed by atoms with Crippen molar-refractivity contribution in [3.63, 3.8) is 0 Å². The largest absolute Gasteiger partial charge is 0.779 e. The van der Waals surface area contributed by atoms with E-state index < -0.39 is 7.60 Å². The van der Waals surface area contributed by atoms with Gasteiger partial charge in [-0.1, -0.05) is 6.07 Å². The number of para-hydroxylation sites is 1. The molecule has 0 bridgehead atoms. The molecule has 1 aromatic rings. The van der Waals surface area contributed by atoms with Crippen LogP contribution < -0.4 is 4.89 Å². The standard InChI is InChI=1S/C12H20NO5P/c1-13(2,7-4-8-19(16,17)18)9-10-5-3-6-11(14)12(10)15/h3,5-6H,4,7-9H2,1-2H3,(H3-,14,15,16,17,18). The summed E-state index contributed by atoms with van der Waals surface area (Å²) >= 11 is 0. The molecule has 0 aliphatic carbocycles. The van der Waals surface area contributed by atoms with E-state index in [9.17, 15) is 19.7 Å². The maximum Gasteiger partial charge on any atom is 0.166 e. The van der Waals surface area contributed by atoms with E-state index in [4.69, 9.17) is 4.89 Å². The van der Waals surface area contributed by atoms with Crippen LogP contribution in [-0.2, 0) is 11.1 Å². The lowest BCUT2D eigenvalue weighted by atomic mass is 10.1. The van der Waals surface area contributed by atoms with Crippen LogP contribution >= 0.6 is 7.60 Å². The molecule has 1 aromatic carbocycles. The van der Waals surface area contributed by atoms with E-state index in [0.29, 0.717) is 29.6 Å². The van der Waals surface area contributed by atoms with E-state index in [1.807, 2.05) is 14.1 Å². The van der Waals surface area contributed by atoms with Gasteiger partial charge in [-0.2, -0.15) is 0 Å². The average molecular weight is 289 g/mol. The molecule has 0 saturated heterocycles. The summed E-state index contributed by atoms with van der Waals surface area (Å²) in [6, 6.07) is 4.75. The minimum Gasteiger partial charge on any atom is -0.779 e. The van der Waals surface area contributed by atoms with Crippen LogP contribution in [0.2, 0.25) is 0 Å². The molecule has 6 nitrogen and oxygen atoms in total. The third-order valence-electron chi connectivity index (χ3n) is 2.90. The molecule has 1 atom stereocenters. The summed E-state index contributed by atoms with van der Waals surface area (Å²) in [4.78, 5) is 19.4. The summed E-state index contributed by atoms with van der Waals surface area (Å²) in [5.41, 5.74) is 0.597. The Balaban J connectivity index is 2.64. The molecule has 0 saturated carbocycles. The molecule has 19 heavy (non-hydrogen) atoms. The van der Waals surface area contributed by atoms with Crippen LogP contribution in [0.5, 0.6) is 11.5 Å². The first-order valence-electron chi connectivity index (χ1n) is 5.95. The van der Waals surface area contributed by atoms with E-state index in [0.717, 1.165) is 0 Å². The molecular formula is C12H20NO5P. The second-order valence-corrected chi connectivity index (χ2v) is 7.04. The van der Waals surface area contributed by atoms with Crippen molar-refractivity contribution in [3.05, 3.63) is 23.8 Å². The fourth-order valence-corrected chi connectivity index (χ4v) is 2.49. The van der Waals surface area contributed by atoms with Crippen LogP contribution in [0, 0.1) is 0 Å². The number of rotatable bonds is 6. The monoisotopic (exact) mass is 289 g/mol. The molecule has 108 valence electrons. The number of phenols is 2. The molecule has 3 N–H and O–H groups in total. The Labute approximate surface area is 112 Å². The van der Waals surface area contributed by atoms with Gasteiger partial charge in [-0.15, -0.1) is 0 Å². The highest BCUT2D eigenvalue weighted by molar-refractivity contribution is 7.50. The van der Waals surface area contributed by atoms with E-state index in [-0.39, 0.29) is 17.7 Å². The first-order valence-corrected chi connectivity index (χ1v) is 7.72. The molecule has 0 aliphatic rings. The number of hydrogen-bond donors (Lipinski definition) is 3. The zero-order valence-corrected chi connectivity index (χ0v) is 12.0. The topological polar surface area (TPSA) is 101 Å². The van der Waals surface area contributed by atoms with Crippen molar-refractivity contribution in [2.24, 2.45) is 0 Å². The molecule has 0 amide bonds. The summed E-state index contributed by atoms with van der Waals surface area (Å²) in [6.07, 6.45) is 0.0879. The maximum absolute atomic E-state index is 10.7. The van der Waals surface area contributed by atoms with Crippen molar-refractivity contribution in [2.45, 2.75) is 13.0 Å². The second kappa shape index (κ2) is 5.92. The van der Waals surface area contributed by atoms with Gasteiger partial charge < -0.3 is 29.0 Å².